The van der Waals surface area contributed by atoms with Crippen molar-refractivity contribution in [2.75, 3.05) is 13.2 Å². The van der Waals surface area contributed by atoms with Gasteiger partial charge in [-0.1, -0.05) is 12.1 Å². The van der Waals surface area contributed by atoms with Crippen LogP contribution in [-0.4, -0.2) is 25.3 Å². The van der Waals surface area contributed by atoms with Crippen LogP contribution in [-0.2, 0) is 27.3 Å². The second kappa shape index (κ2) is 9.94. The van der Waals surface area contributed by atoms with E-state index < -0.39 is 6.10 Å². The summed E-state index contributed by atoms with van der Waals surface area (Å²) in [6, 6.07) is 9.84. The number of hydrogen-bond acceptors (Lipinski definition) is 5. The third kappa shape index (κ3) is 6.13. The average Bonchev–Trinajstić information content (AvgIpc) is 2.91. The van der Waals surface area contributed by atoms with Gasteiger partial charge < -0.3 is 14.2 Å². The van der Waals surface area contributed by atoms with E-state index in [1.807, 2.05) is 31.2 Å². The molecule has 0 radical (unpaired) electrons. The lowest BCUT2D eigenvalue weighted by Crippen LogP contribution is -2.28. The third-order valence-corrected chi connectivity index (χ3v) is 5.34. The monoisotopic (exact) mass is 426 g/mol. The average molecular weight is 427 g/mol. The van der Waals surface area contributed by atoms with Gasteiger partial charge in [0.25, 0.3) is 0 Å². The van der Waals surface area contributed by atoms with Crippen molar-refractivity contribution in [1.29, 1.82) is 0 Å². The molecular weight excluding hydrogens is 404 g/mol. The maximum atomic E-state index is 11.9. The summed E-state index contributed by atoms with van der Waals surface area (Å²) in [7, 11) is 0. The van der Waals surface area contributed by atoms with Crippen LogP contribution in [0.4, 0.5) is 0 Å². The summed E-state index contributed by atoms with van der Waals surface area (Å²) in [5.41, 5.74) is 2.23. The van der Waals surface area contributed by atoms with E-state index in [9.17, 15) is 4.79 Å². The van der Waals surface area contributed by atoms with E-state index in [2.05, 4.69) is 28.9 Å². The van der Waals surface area contributed by atoms with Crippen LogP contribution >= 0.6 is 27.3 Å². The van der Waals surface area contributed by atoms with E-state index in [-0.39, 0.29) is 5.97 Å². The Hall–Kier alpha value is -1.37. The Morgan fingerprint density at radius 1 is 1.20 bits per heavy atom. The zero-order chi connectivity index (χ0) is 18.2. The van der Waals surface area contributed by atoms with Crippen molar-refractivity contribution >= 4 is 33.2 Å². The first-order valence-corrected chi connectivity index (χ1v) is 9.89. The summed E-state index contributed by atoms with van der Waals surface area (Å²) in [6.07, 6.45) is -0.0768. The number of thiophene rings is 1. The molecule has 0 aliphatic rings. The molecule has 0 saturated carbocycles. The maximum absolute atomic E-state index is 11.9. The lowest BCUT2D eigenvalue weighted by molar-refractivity contribution is -0.156. The topological polar surface area (TPSA) is 44.8 Å². The molecular formula is C19H23BrO4S. The predicted octanol–water partition coefficient (Wildman–Crippen LogP) is 4.91. The molecule has 1 aromatic heterocycles. The summed E-state index contributed by atoms with van der Waals surface area (Å²) in [5.74, 6) is 0.486. The lowest BCUT2D eigenvalue weighted by Gasteiger charge is -2.15. The summed E-state index contributed by atoms with van der Waals surface area (Å²) < 4.78 is 17.5. The van der Waals surface area contributed by atoms with Gasteiger partial charge in [-0.2, -0.15) is 0 Å². The third-order valence-electron chi connectivity index (χ3n) is 3.62. The van der Waals surface area contributed by atoms with Crippen molar-refractivity contribution in [2.45, 2.75) is 39.9 Å². The van der Waals surface area contributed by atoms with Crippen LogP contribution in [0, 0.1) is 6.92 Å². The van der Waals surface area contributed by atoms with Crippen LogP contribution in [0.25, 0.3) is 0 Å². The van der Waals surface area contributed by atoms with Gasteiger partial charge in [-0.25, -0.2) is 4.79 Å². The molecule has 0 aliphatic heterocycles. The van der Waals surface area contributed by atoms with E-state index in [1.54, 1.807) is 18.3 Å². The Bertz CT molecular complexity index is 681. The summed E-state index contributed by atoms with van der Waals surface area (Å²) in [4.78, 5) is 13.1. The molecule has 1 heterocycles. The molecule has 136 valence electrons. The Morgan fingerprint density at radius 3 is 2.48 bits per heavy atom. The smallest absolute Gasteiger partial charge is 0.335 e. The number of halogens is 1. The molecule has 6 heteroatoms. The number of benzene rings is 1. The van der Waals surface area contributed by atoms with Gasteiger partial charge in [-0.3, -0.25) is 0 Å². The number of carbonyl (C=O) groups is 1. The molecule has 0 bridgehead atoms. The van der Waals surface area contributed by atoms with Gasteiger partial charge in [0, 0.05) is 17.9 Å². The van der Waals surface area contributed by atoms with Crippen LogP contribution < -0.4 is 4.74 Å². The molecule has 0 fully saturated rings. The summed E-state index contributed by atoms with van der Waals surface area (Å²) >= 11 is 5.17. The van der Waals surface area contributed by atoms with E-state index in [0.717, 1.165) is 15.1 Å². The molecule has 0 N–H and O–H groups in total. The highest BCUT2D eigenvalue weighted by Crippen LogP contribution is 2.27. The first kappa shape index (κ1) is 19.9. The van der Waals surface area contributed by atoms with E-state index in [0.29, 0.717) is 26.2 Å². The van der Waals surface area contributed by atoms with Gasteiger partial charge in [-0.05, 0) is 66.0 Å². The van der Waals surface area contributed by atoms with Gasteiger partial charge in [-0.15, -0.1) is 11.3 Å². The first-order chi connectivity index (χ1) is 12.0. The molecule has 25 heavy (non-hydrogen) atoms. The lowest BCUT2D eigenvalue weighted by atomic mass is 10.1. The minimum absolute atomic E-state index is 0.316. The summed E-state index contributed by atoms with van der Waals surface area (Å²) in [6.45, 7) is 7.11. The van der Waals surface area contributed by atoms with Crippen molar-refractivity contribution < 1.29 is 19.0 Å². The minimum atomic E-state index is -0.567. The number of ether oxygens (including phenoxy) is 3. The van der Waals surface area contributed by atoms with Crippen molar-refractivity contribution in [3.63, 3.8) is 0 Å². The standard InChI is InChI=1S/C19H23BrO4S/c1-4-22-16(19(21)23-5-2)11-14-6-8-15(9-7-14)24-12-17-13(3)10-18(20)25-17/h6-10,16H,4-5,11-12H2,1-3H3. The van der Waals surface area contributed by atoms with E-state index in [1.165, 1.54) is 10.4 Å². The minimum Gasteiger partial charge on any atom is -0.488 e. The molecule has 4 nitrogen and oxygen atoms in total. The molecule has 0 spiro atoms. The Kier molecular flexibility index (Phi) is 7.93. The molecule has 2 rings (SSSR count). The van der Waals surface area contributed by atoms with Gasteiger partial charge in [0.15, 0.2) is 6.10 Å². The molecule has 1 unspecified atom stereocenters. The predicted molar refractivity (Wildman–Crippen MR) is 103 cm³/mol. The fraction of sp³-hybridized carbons (Fsp3) is 0.421. The molecule has 1 atom stereocenters. The number of carbonyl (C=O) groups excluding carboxylic acids is 1. The highest BCUT2D eigenvalue weighted by atomic mass is 79.9. The van der Waals surface area contributed by atoms with Gasteiger partial charge in [0.1, 0.15) is 12.4 Å². The molecule has 0 aliphatic carbocycles. The Labute approximate surface area is 161 Å². The summed E-state index contributed by atoms with van der Waals surface area (Å²) in [5, 5.41) is 0. The molecule has 0 amide bonds. The normalized spacial score (nSPS) is 12.0. The van der Waals surface area contributed by atoms with Crippen molar-refractivity contribution in [2.24, 2.45) is 0 Å². The quantitative estimate of drug-likeness (QED) is 0.534. The SMILES string of the molecule is CCOC(=O)C(Cc1ccc(OCc2sc(Br)cc2C)cc1)OCC. The zero-order valence-electron chi connectivity index (χ0n) is 14.7. The number of hydrogen-bond donors (Lipinski definition) is 0. The number of rotatable bonds is 9. The molecule has 1 aromatic carbocycles. The van der Waals surface area contributed by atoms with Crippen LogP contribution in [0.5, 0.6) is 5.75 Å². The van der Waals surface area contributed by atoms with Crippen molar-refractivity contribution in [3.8, 4) is 5.75 Å². The first-order valence-electron chi connectivity index (χ1n) is 8.28. The van der Waals surface area contributed by atoms with E-state index >= 15 is 0 Å². The molecule has 2 aromatic rings. The van der Waals surface area contributed by atoms with Crippen LogP contribution in [0.15, 0.2) is 34.1 Å². The van der Waals surface area contributed by atoms with Gasteiger partial charge in [0.2, 0.25) is 0 Å². The number of aryl methyl sites for hydroxylation is 1. The van der Waals surface area contributed by atoms with Crippen molar-refractivity contribution in [3.05, 3.63) is 50.1 Å². The second-order valence-electron chi connectivity index (χ2n) is 5.49. The number of esters is 1. The van der Waals surface area contributed by atoms with E-state index in [4.69, 9.17) is 14.2 Å². The maximum Gasteiger partial charge on any atom is 0.335 e. The fourth-order valence-corrected chi connectivity index (χ4v) is 4.09. The fourth-order valence-electron chi connectivity index (χ4n) is 2.35. The zero-order valence-corrected chi connectivity index (χ0v) is 17.1. The highest BCUT2D eigenvalue weighted by Gasteiger charge is 2.20. The molecule has 0 saturated heterocycles. The van der Waals surface area contributed by atoms with Gasteiger partial charge in [0.05, 0.1) is 10.4 Å². The van der Waals surface area contributed by atoms with Crippen molar-refractivity contribution in [1.82, 2.24) is 0 Å². The Balaban J connectivity index is 1.94. The largest absolute Gasteiger partial charge is 0.488 e. The van der Waals surface area contributed by atoms with Gasteiger partial charge >= 0.3 is 5.97 Å². The Morgan fingerprint density at radius 2 is 1.92 bits per heavy atom. The van der Waals surface area contributed by atoms with Crippen LogP contribution in [0.2, 0.25) is 0 Å². The highest BCUT2D eigenvalue weighted by molar-refractivity contribution is 9.11. The van der Waals surface area contributed by atoms with Crippen LogP contribution in [0.3, 0.4) is 0 Å². The second-order valence-corrected chi connectivity index (χ2v) is 8.01. The van der Waals surface area contributed by atoms with Crippen LogP contribution in [0.1, 0.15) is 29.9 Å².